The molecule has 1 heterocycles. The van der Waals surface area contributed by atoms with Crippen LogP contribution in [0.1, 0.15) is 39.5 Å². The van der Waals surface area contributed by atoms with E-state index in [1.54, 1.807) is 0 Å². The molecule has 1 aliphatic heterocycles. The summed E-state index contributed by atoms with van der Waals surface area (Å²) in [4.78, 5) is 13.1. The van der Waals surface area contributed by atoms with Gasteiger partial charge >= 0.3 is 0 Å². The van der Waals surface area contributed by atoms with Crippen molar-refractivity contribution in [1.82, 2.24) is 4.90 Å². The number of piperidine rings is 1. The van der Waals surface area contributed by atoms with Crippen LogP contribution in [0.15, 0.2) is 0 Å². The SMILES string of the molecule is CC(C)CCCN1CCC(C=O)CC1. The lowest BCUT2D eigenvalue weighted by atomic mass is 9.98. The molecule has 14 heavy (non-hydrogen) atoms. The number of carbonyl (C=O) groups is 1. The molecule has 0 radical (unpaired) electrons. The maximum atomic E-state index is 10.6. The number of nitrogens with zero attached hydrogens (tertiary/aromatic N) is 1. The highest BCUT2D eigenvalue weighted by Gasteiger charge is 2.17. The third kappa shape index (κ3) is 4.23. The smallest absolute Gasteiger partial charge is 0.123 e. The van der Waals surface area contributed by atoms with E-state index in [2.05, 4.69) is 18.7 Å². The summed E-state index contributed by atoms with van der Waals surface area (Å²) in [5.74, 6) is 1.17. The first kappa shape index (κ1) is 11.7. The molecule has 2 heteroatoms. The van der Waals surface area contributed by atoms with Crippen LogP contribution in [-0.4, -0.2) is 30.8 Å². The second-order valence-electron chi connectivity index (χ2n) is 4.85. The molecule has 0 spiro atoms. The fraction of sp³-hybridized carbons (Fsp3) is 0.917. The van der Waals surface area contributed by atoms with Crippen molar-refractivity contribution < 1.29 is 4.79 Å². The van der Waals surface area contributed by atoms with Gasteiger partial charge < -0.3 is 9.69 Å². The molecular weight excluding hydrogens is 174 g/mol. The zero-order valence-corrected chi connectivity index (χ0v) is 9.54. The zero-order chi connectivity index (χ0) is 10.4. The average molecular weight is 197 g/mol. The van der Waals surface area contributed by atoms with E-state index < -0.39 is 0 Å². The Kier molecular flexibility index (Phi) is 5.16. The number of aldehydes is 1. The van der Waals surface area contributed by atoms with Crippen molar-refractivity contribution in [3.63, 3.8) is 0 Å². The first-order valence-electron chi connectivity index (χ1n) is 5.90. The van der Waals surface area contributed by atoms with Crippen molar-refractivity contribution in [1.29, 1.82) is 0 Å². The number of rotatable bonds is 5. The van der Waals surface area contributed by atoms with Gasteiger partial charge in [0.2, 0.25) is 0 Å². The van der Waals surface area contributed by atoms with Crippen LogP contribution in [0.25, 0.3) is 0 Å². The van der Waals surface area contributed by atoms with Crippen LogP contribution in [-0.2, 0) is 4.79 Å². The lowest BCUT2D eigenvalue weighted by molar-refractivity contribution is -0.112. The third-order valence-corrected chi connectivity index (χ3v) is 3.08. The van der Waals surface area contributed by atoms with Gasteiger partial charge in [0, 0.05) is 5.92 Å². The summed E-state index contributed by atoms with van der Waals surface area (Å²) in [6.07, 6.45) is 5.92. The highest BCUT2D eigenvalue weighted by atomic mass is 16.1. The standard InChI is InChI=1S/C12H23NO/c1-11(2)4-3-7-13-8-5-12(10-14)6-9-13/h10-12H,3-9H2,1-2H3. The summed E-state index contributed by atoms with van der Waals surface area (Å²) < 4.78 is 0. The Morgan fingerprint density at radius 3 is 2.50 bits per heavy atom. The second kappa shape index (κ2) is 6.18. The molecule has 0 aliphatic carbocycles. The normalized spacial score (nSPS) is 20.2. The van der Waals surface area contributed by atoms with E-state index in [0.29, 0.717) is 5.92 Å². The molecule has 1 rings (SSSR count). The molecule has 0 atom stereocenters. The van der Waals surface area contributed by atoms with Crippen molar-refractivity contribution in [3.05, 3.63) is 0 Å². The Hall–Kier alpha value is -0.370. The lowest BCUT2D eigenvalue weighted by Crippen LogP contribution is -2.34. The molecule has 0 N–H and O–H groups in total. The van der Waals surface area contributed by atoms with Gasteiger partial charge in [-0.05, 0) is 51.2 Å². The summed E-state index contributed by atoms with van der Waals surface area (Å²) in [7, 11) is 0. The van der Waals surface area contributed by atoms with Crippen LogP contribution in [0.2, 0.25) is 0 Å². The molecule has 1 aliphatic rings. The van der Waals surface area contributed by atoms with E-state index in [1.807, 2.05) is 0 Å². The van der Waals surface area contributed by atoms with Crippen LogP contribution < -0.4 is 0 Å². The Bertz CT molecular complexity index is 160. The van der Waals surface area contributed by atoms with Gasteiger partial charge in [0.25, 0.3) is 0 Å². The van der Waals surface area contributed by atoms with Gasteiger partial charge in [0.05, 0.1) is 0 Å². The monoisotopic (exact) mass is 197 g/mol. The number of hydrogen-bond donors (Lipinski definition) is 0. The van der Waals surface area contributed by atoms with Gasteiger partial charge in [-0.1, -0.05) is 13.8 Å². The van der Waals surface area contributed by atoms with Crippen molar-refractivity contribution in [2.24, 2.45) is 11.8 Å². The van der Waals surface area contributed by atoms with E-state index in [4.69, 9.17) is 0 Å². The van der Waals surface area contributed by atoms with Crippen LogP contribution in [0.3, 0.4) is 0 Å². The van der Waals surface area contributed by atoms with E-state index in [1.165, 1.54) is 19.4 Å². The molecular formula is C12H23NO. The van der Waals surface area contributed by atoms with Crippen molar-refractivity contribution in [2.75, 3.05) is 19.6 Å². The van der Waals surface area contributed by atoms with Gasteiger partial charge in [-0.3, -0.25) is 0 Å². The molecule has 82 valence electrons. The number of likely N-dealkylation sites (tertiary alicyclic amines) is 1. The molecule has 0 aromatic rings. The summed E-state index contributed by atoms with van der Waals surface area (Å²) >= 11 is 0. The molecule has 2 nitrogen and oxygen atoms in total. The van der Waals surface area contributed by atoms with Crippen LogP contribution in [0, 0.1) is 11.8 Å². The molecule has 1 fully saturated rings. The Balaban J connectivity index is 2.07. The van der Waals surface area contributed by atoms with E-state index in [9.17, 15) is 4.79 Å². The second-order valence-corrected chi connectivity index (χ2v) is 4.85. The quantitative estimate of drug-likeness (QED) is 0.630. The average Bonchev–Trinajstić information content (AvgIpc) is 2.18. The minimum atomic E-state index is 0.344. The zero-order valence-electron chi connectivity index (χ0n) is 9.54. The van der Waals surface area contributed by atoms with Gasteiger partial charge in [-0.15, -0.1) is 0 Å². The fourth-order valence-corrected chi connectivity index (χ4v) is 2.04. The first-order valence-corrected chi connectivity index (χ1v) is 5.90. The summed E-state index contributed by atoms with van der Waals surface area (Å²) in [5.41, 5.74) is 0. The predicted octanol–water partition coefficient (Wildman–Crippen LogP) is 2.33. The van der Waals surface area contributed by atoms with Gasteiger partial charge in [-0.2, -0.15) is 0 Å². The highest BCUT2D eigenvalue weighted by molar-refractivity contribution is 5.53. The molecule has 0 unspecified atom stereocenters. The van der Waals surface area contributed by atoms with E-state index in [0.717, 1.165) is 38.1 Å². The minimum Gasteiger partial charge on any atom is -0.303 e. The summed E-state index contributed by atoms with van der Waals surface area (Å²) in [6, 6.07) is 0. The molecule has 1 saturated heterocycles. The number of carbonyl (C=O) groups excluding carboxylic acids is 1. The van der Waals surface area contributed by atoms with Gasteiger partial charge in [0.15, 0.2) is 0 Å². The van der Waals surface area contributed by atoms with Crippen LogP contribution in [0.5, 0.6) is 0 Å². The maximum Gasteiger partial charge on any atom is 0.123 e. The van der Waals surface area contributed by atoms with Gasteiger partial charge in [-0.25, -0.2) is 0 Å². The fourth-order valence-electron chi connectivity index (χ4n) is 2.04. The molecule has 0 bridgehead atoms. The Morgan fingerprint density at radius 1 is 1.36 bits per heavy atom. The first-order chi connectivity index (χ1) is 6.72. The molecule has 0 amide bonds. The van der Waals surface area contributed by atoms with Gasteiger partial charge in [0.1, 0.15) is 6.29 Å². The molecule has 0 saturated carbocycles. The lowest BCUT2D eigenvalue weighted by Gasteiger charge is -2.29. The largest absolute Gasteiger partial charge is 0.303 e. The van der Waals surface area contributed by atoms with E-state index >= 15 is 0 Å². The molecule has 0 aromatic heterocycles. The summed E-state index contributed by atoms with van der Waals surface area (Å²) in [6.45, 7) is 8.03. The third-order valence-electron chi connectivity index (χ3n) is 3.08. The summed E-state index contributed by atoms with van der Waals surface area (Å²) in [5, 5.41) is 0. The van der Waals surface area contributed by atoms with E-state index in [-0.39, 0.29) is 0 Å². The Labute approximate surface area is 87.7 Å². The highest BCUT2D eigenvalue weighted by Crippen LogP contribution is 2.15. The van der Waals surface area contributed by atoms with Crippen molar-refractivity contribution in [3.8, 4) is 0 Å². The maximum absolute atomic E-state index is 10.6. The van der Waals surface area contributed by atoms with Crippen molar-refractivity contribution in [2.45, 2.75) is 39.5 Å². The molecule has 0 aromatic carbocycles. The van der Waals surface area contributed by atoms with Crippen LogP contribution in [0.4, 0.5) is 0 Å². The number of hydrogen-bond acceptors (Lipinski definition) is 2. The topological polar surface area (TPSA) is 20.3 Å². The minimum absolute atomic E-state index is 0.344. The Morgan fingerprint density at radius 2 is 2.00 bits per heavy atom. The van der Waals surface area contributed by atoms with Crippen LogP contribution >= 0.6 is 0 Å². The predicted molar refractivity (Wildman–Crippen MR) is 59.3 cm³/mol. The van der Waals surface area contributed by atoms with Crippen molar-refractivity contribution >= 4 is 6.29 Å².